The number of rotatable bonds is 8. The highest BCUT2D eigenvalue weighted by molar-refractivity contribution is 5.14. The van der Waals surface area contributed by atoms with Gasteiger partial charge in [-0.15, -0.1) is 0 Å². The molecule has 2 nitrogen and oxygen atoms in total. The minimum Gasteiger partial charge on any atom is -0.374 e. The fourth-order valence-corrected chi connectivity index (χ4v) is 1.73. The van der Waals surface area contributed by atoms with Gasteiger partial charge in [0.2, 0.25) is 0 Å². The summed E-state index contributed by atoms with van der Waals surface area (Å²) in [4.78, 5) is 0. The Bertz CT molecular complexity index is 299. The van der Waals surface area contributed by atoms with Crippen molar-refractivity contribution in [2.24, 2.45) is 0 Å². The van der Waals surface area contributed by atoms with Crippen LogP contribution in [0.2, 0.25) is 0 Å². The molecule has 96 valence electrons. The molecule has 0 radical (unpaired) electrons. The second-order valence-corrected chi connectivity index (χ2v) is 4.67. The SMILES string of the molecule is CCNCC(C)(CC)OCCc1ccccc1. The zero-order valence-electron chi connectivity index (χ0n) is 11.3. The summed E-state index contributed by atoms with van der Waals surface area (Å²) in [7, 11) is 0. The summed E-state index contributed by atoms with van der Waals surface area (Å²) in [5, 5.41) is 3.36. The highest BCUT2D eigenvalue weighted by Crippen LogP contribution is 2.14. The van der Waals surface area contributed by atoms with E-state index in [4.69, 9.17) is 4.74 Å². The number of benzene rings is 1. The van der Waals surface area contributed by atoms with E-state index in [-0.39, 0.29) is 5.60 Å². The Morgan fingerprint density at radius 3 is 2.47 bits per heavy atom. The van der Waals surface area contributed by atoms with Crippen LogP contribution in [0.5, 0.6) is 0 Å². The van der Waals surface area contributed by atoms with Crippen molar-refractivity contribution in [3.63, 3.8) is 0 Å². The smallest absolute Gasteiger partial charge is 0.0775 e. The third-order valence-corrected chi connectivity index (χ3v) is 3.18. The van der Waals surface area contributed by atoms with Gasteiger partial charge in [-0.2, -0.15) is 0 Å². The molecule has 0 aliphatic carbocycles. The lowest BCUT2D eigenvalue weighted by atomic mass is 10.0. The highest BCUT2D eigenvalue weighted by atomic mass is 16.5. The lowest BCUT2D eigenvalue weighted by Crippen LogP contribution is -2.40. The summed E-state index contributed by atoms with van der Waals surface area (Å²) in [5.74, 6) is 0. The maximum atomic E-state index is 6.02. The second-order valence-electron chi connectivity index (χ2n) is 4.67. The van der Waals surface area contributed by atoms with Crippen molar-refractivity contribution in [3.8, 4) is 0 Å². The first-order chi connectivity index (χ1) is 8.20. The molecule has 1 unspecified atom stereocenters. The summed E-state index contributed by atoms with van der Waals surface area (Å²) in [5.41, 5.74) is 1.31. The maximum absolute atomic E-state index is 6.02. The van der Waals surface area contributed by atoms with Crippen LogP contribution in [-0.4, -0.2) is 25.3 Å². The Kier molecular flexibility index (Phi) is 6.23. The van der Waals surface area contributed by atoms with Crippen LogP contribution in [0.3, 0.4) is 0 Å². The Hall–Kier alpha value is -0.860. The van der Waals surface area contributed by atoms with Gasteiger partial charge in [0, 0.05) is 6.54 Å². The van der Waals surface area contributed by atoms with Gasteiger partial charge in [0.05, 0.1) is 12.2 Å². The summed E-state index contributed by atoms with van der Waals surface area (Å²) < 4.78 is 6.02. The molecule has 0 aliphatic rings. The van der Waals surface area contributed by atoms with Crippen molar-refractivity contribution in [2.75, 3.05) is 19.7 Å². The summed E-state index contributed by atoms with van der Waals surface area (Å²) in [6.07, 6.45) is 2.03. The van der Waals surface area contributed by atoms with Crippen LogP contribution in [0.1, 0.15) is 32.8 Å². The third-order valence-electron chi connectivity index (χ3n) is 3.18. The van der Waals surface area contributed by atoms with E-state index in [1.165, 1.54) is 5.56 Å². The molecule has 1 rings (SSSR count). The van der Waals surface area contributed by atoms with Crippen LogP contribution < -0.4 is 5.32 Å². The lowest BCUT2D eigenvalue weighted by molar-refractivity contribution is -0.0313. The Morgan fingerprint density at radius 2 is 1.88 bits per heavy atom. The van der Waals surface area contributed by atoms with Gasteiger partial charge in [-0.1, -0.05) is 44.2 Å². The van der Waals surface area contributed by atoms with E-state index >= 15 is 0 Å². The fourth-order valence-electron chi connectivity index (χ4n) is 1.73. The first-order valence-corrected chi connectivity index (χ1v) is 6.59. The van der Waals surface area contributed by atoms with Gasteiger partial charge in [0.1, 0.15) is 0 Å². The van der Waals surface area contributed by atoms with Crippen LogP contribution in [0, 0.1) is 0 Å². The average molecular weight is 235 g/mol. The molecule has 0 saturated carbocycles. The Labute approximate surface area is 105 Å². The number of hydrogen-bond donors (Lipinski definition) is 1. The minimum absolute atomic E-state index is 0.0369. The van der Waals surface area contributed by atoms with Gasteiger partial charge in [-0.3, -0.25) is 0 Å². The maximum Gasteiger partial charge on any atom is 0.0775 e. The van der Waals surface area contributed by atoms with Crippen molar-refractivity contribution < 1.29 is 4.74 Å². The number of hydrogen-bond acceptors (Lipinski definition) is 2. The van der Waals surface area contributed by atoms with Crippen molar-refractivity contribution in [1.29, 1.82) is 0 Å². The molecule has 1 aromatic carbocycles. The van der Waals surface area contributed by atoms with Gasteiger partial charge < -0.3 is 10.1 Å². The molecule has 1 atom stereocenters. The lowest BCUT2D eigenvalue weighted by Gasteiger charge is -2.29. The highest BCUT2D eigenvalue weighted by Gasteiger charge is 2.21. The Morgan fingerprint density at radius 1 is 1.18 bits per heavy atom. The van der Waals surface area contributed by atoms with Crippen LogP contribution in [-0.2, 0) is 11.2 Å². The van der Waals surface area contributed by atoms with E-state index in [9.17, 15) is 0 Å². The summed E-state index contributed by atoms with van der Waals surface area (Å²) >= 11 is 0. The van der Waals surface area contributed by atoms with Crippen molar-refractivity contribution in [3.05, 3.63) is 35.9 Å². The molecule has 1 aromatic rings. The quantitative estimate of drug-likeness (QED) is 0.748. The monoisotopic (exact) mass is 235 g/mol. The average Bonchev–Trinajstić information content (AvgIpc) is 2.38. The molecule has 0 spiro atoms. The fraction of sp³-hybridized carbons (Fsp3) is 0.600. The van der Waals surface area contributed by atoms with Crippen LogP contribution in [0.4, 0.5) is 0 Å². The van der Waals surface area contributed by atoms with Gasteiger partial charge in [-0.25, -0.2) is 0 Å². The number of likely N-dealkylation sites (N-methyl/N-ethyl adjacent to an activating group) is 1. The predicted molar refractivity (Wildman–Crippen MR) is 73.3 cm³/mol. The van der Waals surface area contributed by atoms with Crippen LogP contribution >= 0.6 is 0 Å². The van der Waals surface area contributed by atoms with E-state index in [0.29, 0.717) is 0 Å². The topological polar surface area (TPSA) is 21.3 Å². The van der Waals surface area contributed by atoms with Crippen molar-refractivity contribution >= 4 is 0 Å². The number of ether oxygens (including phenoxy) is 1. The minimum atomic E-state index is -0.0369. The first-order valence-electron chi connectivity index (χ1n) is 6.59. The summed E-state index contributed by atoms with van der Waals surface area (Å²) in [6.45, 7) is 9.20. The normalized spacial score (nSPS) is 14.5. The first kappa shape index (κ1) is 14.2. The number of nitrogens with one attached hydrogen (secondary N) is 1. The van der Waals surface area contributed by atoms with E-state index in [2.05, 4.69) is 50.4 Å². The zero-order chi connectivity index (χ0) is 12.6. The van der Waals surface area contributed by atoms with E-state index in [0.717, 1.165) is 32.5 Å². The van der Waals surface area contributed by atoms with Crippen LogP contribution in [0.15, 0.2) is 30.3 Å². The van der Waals surface area contributed by atoms with Crippen molar-refractivity contribution in [1.82, 2.24) is 5.32 Å². The van der Waals surface area contributed by atoms with Gasteiger partial charge in [-0.05, 0) is 31.9 Å². The van der Waals surface area contributed by atoms with E-state index in [1.54, 1.807) is 0 Å². The zero-order valence-corrected chi connectivity index (χ0v) is 11.3. The standard InChI is InChI=1S/C15H25NO/c1-4-15(3,13-16-5-2)17-12-11-14-9-7-6-8-10-14/h6-10,16H,4-5,11-13H2,1-3H3. The molecule has 0 aromatic heterocycles. The van der Waals surface area contributed by atoms with Crippen molar-refractivity contribution in [2.45, 2.75) is 39.2 Å². The molecule has 17 heavy (non-hydrogen) atoms. The molecule has 0 bridgehead atoms. The molecular weight excluding hydrogens is 210 g/mol. The molecule has 0 heterocycles. The molecule has 0 aliphatic heterocycles. The molecular formula is C15H25NO. The molecule has 0 saturated heterocycles. The molecule has 0 amide bonds. The van der Waals surface area contributed by atoms with Gasteiger partial charge >= 0.3 is 0 Å². The largest absolute Gasteiger partial charge is 0.374 e. The van der Waals surface area contributed by atoms with Crippen LogP contribution in [0.25, 0.3) is 0 Å². The van der Waals surface area contributed by atoms with Gasteiger partial charge in [0.25, 0.3) is 0 Å². The predicted octanol–water partition coefficient (Wildman–Crippen LogP) is 3.02. The molecule has 1 N–H and O–H groups in total. The molecule has 0 fully saturated rings. The Balaban J connectivity index is 2.32. The third kappa shape index (κ3) is 5.33. The van der Waals surface area contributed by atoms with E-state index in [1.807, 2.05) is 6.07 Å². The van der Waals surface area contributed by atoms with E-state index < -0.39 is 0 Å². The van der Waals surface area contributed by atoms with Gasteiger partial charge in [0.15, 0.2) is 0 Å². The second kappa shape index (κ2) is 7.46. The summed E-state index contributed by atoms with van der Waals surface area (Å²) in [6, 6.07) is 10.5. The molecule has 2 heteroatoms.